The molecule has 4 aliphatic rings. The molecule has 686 valence electrons. The highest BCUT2D eigenvalue weighted by Gasteiger charge is 2.38. The van der Waals surface area contributed by atoms with E-state index in [2.05, 4.69) is 28.2 Å². The van der Waals surface area contributed by atoms with Gasteiger partial charge in [-0.3, -0.25) is 4.79 Å². The van der Waals surface area contributed by atoms with Gasteiger partial charge in [0.2, 0.25) is 0 Å². The van der Waals surface area contributed by atoms with E-state index in [9.17, 15) is 43.2 Å². The lowest BCUT2D eigenvalue weighted by molar-refractivity contribution is -0.147. The summed E-state index contributed by atoms with van der Waals surface area (Å²) in [5.41, 5.74) is 15.8. The lowest BCUT2D eigenvalue weighted by Crippen LogP contribution is -2.43. The van der Waals surface area contributed by atoms with E-state index < -0.39 is 106 Å². The van der Waals surface area contributed by atoms with E-state index in [1.807, 2.05) is 194 Å². The van der Waals surface area contributed by atoms with Crippen LogP contribution in [0.2, 0.25) is 0 Å². The van der Waals surface area contributed by atoms with Crippen LogP contribution in [0.4, 0.5) is 38.4 Å². The molecule has 8 aromatic carbocycles. The number of hydrogen-bond donors (Lipinski definition) is 4. The molecule has 12 rings (SSSR count). The molecule has 0 radical (unpaired) electrons. The van der Waals surface area contributed by atoms with Crippen molar-refractivity contribution in [1.29, 1.82) is 0 Å². The molecule has 0 saturated heterocycles. The number of hydrogen-bond acceptors (Lipinski definition) is 27. The molecule has 4 amide bonds. The summed E-state index contributed by atoms with van der Waals surface area (Å²) in [6.07, 6.45) is -5.74. The molecule has 0 bridgehead atoms. The molecule has 0 saturated carbocycles. The molecular weight excluding hydrogens is 1670 g/mol. The largest absolute Gasteiger partial charge is 0.508 e. The van der Waals surface area contributed by atoms with Gasteiger partial charge in [-0.15, -0.1) is 0 Å². The lowest BCUT2D eigenvalue weighted by Gasteiger charge is -2.31. The molecular formula is C98H112N4O27. The highest BCUT2D eigenvalue weighted by molar-refractivity contribution is 5.85. The minimum atomic E-state index is -1.56. The molecule has 0 unspecified atom stereocenters. The third-order valence-corrected chi connectivity index (χ3v) is 22.2. The van der Waals surface area contributed by atoms with E-state index in [0.717, 1.165) is 115 Å². The Labute approximate surface area is 749 Å². The second-order valence-electron chi connectivity index (χ2n) is 31.1. The summed E-state index contributed by atoms with van der Waals surface area (Å²) in [7, 11) is 0. The van der Waals surface area contributed by atoms with Crippen molar-refractivity contribution in [3.05, 3.63) is 239 Å². The van der Waals surface area contributed by atoms with Gasteiger partial charge in [0.15, 0.2) is 0 Å². The van der Waals surface area contributed by atoms with Crippen LogP contribution in [0.25, 0.3) is 44.5 Å². The zero-order chi connectivity index (χ0) is 90.2. The number of amides is 4. The summed E-state index contributed by atoms with van der Waals surface area (Å²) in [5, 5.41) is 10.7. The molecule has 129 heavy (non-hydrogen) atoms. The van der Waals surface area contributed by atoms with Crippen molar-refractivity contribution in [2.24, 2.45) is 5.41 Å². The second-order valence-corrected chi connectivity index (χ2v) is 31.1. The Bertz CT molecular complexity index is 4250. The molecule has 0 spiro atoms. The van der Waals surface area contributed by atoms with Crippen LogP contribution in [0, 0.1) is 5.41 Å². The summed E-state index contributed by atoms with van der Waals surface area (Å²) in [4.78, 5) is 119. The molecule has 31 heteroatoms. The number of carbonyl (C=O) groups is 9. The number of unbranched alkanes of at least 4 members (excludes halogenated alkanes) is 4. The van der Waals surface area contributed by atoms with Gasteiger partial charge in [0, 0.05) is 56.3 Å². The first kappa shape index (κ1) is 95.5. The number of nitrogens with one attached hydrogen (secondary N) is 4. The molecule has 0 fully saturated rings. The number of Topliss-reactive ketones (excluding diaryl/α,β-unsaturated/α-hetero) is 1. The molecule has 0 atom stereocenters. The summed E-state index contributed by atoms with van der Waals surface area (Å²) in [5.74, 6) is -0.836. The Morgan fingerprint density at radius 2 is 0.504 bits per heavy atom. The number of fused-ring (bicyclic) bond motifs is 12. The molecule has 31 nitrogen and oxygen atoms in total. The maximum atomic E-state index is 14.6. The average Bonchev–Trinajstić information content (AvgIpc) is 1.64. The third kappa shape index (κ3) is 28.4. The van der Waals surface area contributed by atoms with Crippen LogP contribution in [-0.4, -0.2) is 239 Å². The monoisotopic (exact) mass is 1780 g/mol. The standard InChI is InChI=1S/C98H112N4O27/c1-3-4-5-6-7-40-89(103)98(2,65-128-67(57-124-94(108)116-53-49-112-45-41-99-90(104)120-61-85-77-32-16-8-24-69(77)70-25-9-17-33-78(70)85)58-125-95(109)117-54-50-113-46-42-100-91(105)121-62-86-79-34-18-10-26-71(79)72-27-11-19-35-80(72)86)66-129-68(59-126-96(110)118-55-51-114-47-43-101-92(106)122-63-87-81-36-20-12-28-73(81)74-29-13-21-37-82(74)87)60-127-97(111)119-56-52-115-48-44-102-93(107)123-64-88-83-38-22-14-30-75(83)76-31-15-23-39-84(76)88/h8-39,67-68,85-88H,3-7,40-66H2,1-2H3,(H,99,104)(H,100,105)(H,101,106)(H,102,107). The molecule has 8 aromatic rings. The lowest BCUT2D eigenvalue weighted by atomic mass is 9.84. The quantitative estimate of drug-likeness (QED) is 0.0156. The van der Waals surface area contributed by atoms with Crippen molar-refractivity contribution in [1.82, 2.24) is 21.3 Å². The van der Waals surface area contributed by atoms with Gasteiger partial charge in [0.25, 0.3) is 0 Å². The number of ether oxygens (including phenoxy) is 18. The Hall–Kier alpha value is -12.7. The van der Waals surface area contributed by atoms with E-state index in [1.165, 1.54) is 0 Å². The van der Waals surface area contributed by atoms with E-state index >= 15 is 0 Å². The normalized spacial score (nSPS) is 12.7. The molecule has 0 heterocycles. The van der Waals surface area contributed by atoms with Crippen LogP contribution in [-0.2, 0) is 90.1 Å². The Morgan fingerprint density at radius 3 is 0.736 bits per heavy atom. The Balaban J connectivity index is 0.614. The summed E-state index contributed by atoms with van der Waals surface area (Å²) >= 11 is 0. The number of benzene rings is 8. The minimum absolute atomic E-state index is 0.0407. The van der Waals surface area contributed by atoms with Crippen molar-refractivity contribution < 1.29 is 128 Å². The number of rotatable bonds is 53. The van der Waals surface area contributed by atoms with Crippen molar-refractivity contribution in [2.75, 3.05) is 172 Å². The smallest absolute Gasteiger partial charge is 0.449 e. The van der Waals surface area contributed by atoms with E-state index in [-0.39, 0.29) is 168 Å². The van der Waals surface area contributed by atoms with Gasteiger partial charge in [-0.1, -0.05) is 227 Å². The van der Waals surface area contributed by atoms with Crippen LogP contribution >= 0.6 is 0 Å². The molecule has 4 aliphatic carbocycles. The van der Waals surface area contributed by atoms with Crippen molar-refractivity contribution >= 4 is 54.8 Å². The third-order valence-electron chi connectivity index (χ3n) is 22.2. The fourth-order valence-electron chi connectivity index (χ4n) is 15.7. The maximum absolute atomic E-state index is 14.6. The fourth-order valence-corrected chi connectivity index (χ4v) is 15.7. The van der Waals surface area contributed by atoms with Gasteiger partial charge in [0.1, 0.15) is 97.3 Å². The number of carbonyl (C=O) groups excluding carboxylic acids is 9. The summed E-state index contributed by atoms with van der Waals surface area (Å²) in [6, 6.07) is 64.0. The Morgan fingerprint density at radius 1 is 0.279 bits per heavy atom. The molecule has 4 N–H and O–H groups in total. The first-order valence-corrected chi connectivity index (χ1v) is 43.7. The van der Waals surface area contributed by atoms with Gasteiger partial charge in [-0.05, 0) is 102 Å². The van der Waals surface area contributed by atoms with Gasteiger partial charge in [0.05, 0.1) is 71.5 Å². The van der Waals surface area contributed by atoms with E-state index in [0.29, 0.717) is 6.42 Å². The fraction of sp³-hybridized carbons (Fsp3) is 0.418. The highest BCUT2D eigenvalue weighted by Crippen LogP contribution is 2.48. The summed E-state index contributed by atoms with van der Waals surface area (Å²) in [6.45, 7) is -0.184. The van der Waals surface area contributed by atoms with Crippen LogP contribution in [0.15, 0.2) is 194 Å². The highest BCUT2D eigenvalue weighted by atomic mass is 16.8. The van der Waals surface area contributed by atoms with Gasteiger partial charge in [-0.2, -0.15) is 0 Å². The number of alkyl carbamates (subject to hydrolysis) is 4. The van der Waals surface area contributed by atoms with Crippen molar-refractivity contribution in [2.45, 2.75) is 88.3 Å². The van der Waals surface area contributed by atoms with Gasteiger partial charge < -0.3 is 107 Å². The van der Waals surface area contributed by atoms with E-state index in [1.54, 1.807) is 6.92 Å². The van der Waals surface area contributed by atoms with Crippen LogP contribution in [0.1, 0.15) is 121 Å². The topological polar surface area (TPSA) is 368 Å². The first-order chi connectivity index (χ1) is 63.1. The van der Waals surface area contributed by atoms with Gasteiger partial charge in [-0.25, -0.2) is 38.4 Å². The summed E-state index contributed by atoms with van der Waals surface area (Å²) < 4.78 is 101. The van der Waals surface area contributed by atoms with E-state index in [4.69, 9.17) is 85.3 Å². The first-order valence-electron chi connectivity index (χ1n) is 43.7. The van der Waals surface area contributed by atoms with Crippen molar-refractivity contribution in [3.63, 3.8) is 0 Å². The molecule has 0 aromatic heterocycles. The SMILES string of the molecule is CCCCCCCC(=O)C(C)(COC(COC(=O)OCCOCCNC(=O)OCC1c2ccccc2-c2ccccc21)COC(=O)OCCOCCNC(=O)OCC1c2ccccc2-c2ccccc21)COC(COC(=O)OCCOCCNC(=O)OCC1c2ccccc2-c2ccccc21)COC(=O)OCCOCCNC(=O)OCC1c2ccccc2-c2ccccc21. The van der Waals surface area contributed by atoms with Gasteiger partial charge >= 0.3 is 49.0 Å². The zero-order valence-electron chi connectivity index (χ0n) is 72.6. The molecule has 0 aliphatic heterocycles. The van der Waals surface area contributed by atoms with Crippen LogP contribution in [0.5, 0.6) is 0 Å². The zero-order valence-corrected chi connectivity index (χ0v) is 72.6. The van der Waals surface area contributed by atoms with Crippen LogP contribution < -0.4 is 21.3 Å². The van der Waals surface area contributed by atoms with Crippen LogP contribution in [0.3, 0.4) is 0 Å². The minimum Gasteiger partial charge on any atom is -0.449 e. The number of ketones is 1. The predicted molar refractivity (Wildman–Crippen MR) is 471 cm³/mol. The second kappa shape index (κ2) is 50.8. The van der Waals surface area contributed by atoms with Crippen molar-refractivity contribution in [3.8, 4) is 44.5 Å². The Kier molecular flexibility index (Phi) is 37.6. The average molecular weight is 1780 g/mol. The maximum Gasteiger partial charge on any atom is 0.508 e. The predicted octanol–water partition coefficient (Wildman–Crippen LogP) is 15.5.